The van der Waals surface area contributed by atoms with Crippen LogP contribution in [0.1, 0.15) is 22.3 Å². The van der Waals surface area contributed by atoms with Crippen LogP contribution in [-0.4, -0.2) is 19.5 Å². The molecule has 216 valence electrons. The van der Waals surface area contributed by atoms with E-state index in [1.165, 1.54) is 38.8 Å². The van der Waals surface area contributed by atoms with Gasteiger partial charge in [0.15, 0.2) is 0 Å². The third kappa shape index (κ3) is 3.90. The lowest BCUT2D eigenvalue weighted by molar-refractivity contribution is 0.769. The average molecular weight is 589 g/mol. The number of hydrogen-bond acceptors (Lipinski definition) is 3. The van der Waals surface area contributed by atoms with E-state index in [1.54, 1.807) is 0 Å². The van der Waals surface area contributed by atoms with Crippen LogP contribution in [0, 0.1) is 0 Å². The lowest BCUT2D eigenvalue weighted by Gasteiger charge is -2.33. The van der Waals surface area contributed by atoms with Gasteiger partial charge in [-0.15, -0.1) is 0 Å². The van der Waals surface area contributed by atoms with Crippen LogP contribution < -0.4 is 0 Å². The summed E-state index contributed by atoms with van der Waals surface area (Å²) in [5, 5.41) is 1.22. The van der Waals surface area contributed by atoms with Crippen molar-refractivity contribution in [2.45, 2.75) is 5.41 Å². The SMILES string of the molecule is c1ccc(C2(c3ccccc3)c3ccccc3-c3c2ccc2c3ccn2-c2cc(-c3ccccn3)nc(-c3ccccn3)c2)cc1. The molecule has 1 aliphatic carbocycles. The van der Waals surface area contributed by atoms with E-state index < -0.39 is 5.41 Å². The number of benzene rings is 4. The molecule has 0 unspecified atom stereocenters. The molecule has 4 heteroatoms. The summed E-state index contributed by atoms with van der Waals surface area (Å²) in [5.74, 6) is 0. The van der Waals surface area contributed by atoms with E-state index in [-0.39, 0.29) is 0 Å². The molecule has 4 aromatic heterocycles. The van der Waals surface area contributed by atoms with Crippen molar-refractivity contribution in [2.75, 3.05) is 0 Å². The summed E-state index contributed by atoms with van der Waals surface area (Å²) in [6.45, 7) is 0. The second kappa shape index (κ2) is 10.5. The fourth-order valence-corrected chi connectivity index (χ4v) is 7.33. The molecule has 4 nitrogen and oxygen atoms in total. The highest BCUT2D eigenvalue weighted by molar-refractivity contribution is 6.04. The van der Waals surface area contributed by atoms with Crippen molar-refractivity contribution in [2.24, 2.45) is 0 Å². The summed E-state index contributed by atoms with van der Waals surface area (Å²) >= 11 is 0. The molecule has 0 amide bonds. The highest BCUT2D eigenvalue weighted by Gasteiger charge is 2.46. The number of hydrogen-bond donors (Lipinski definition) is 0. The first-order valence-corrected chi connectivity index (χ1v) is 15.5. The van der Waals surface area contributed by atoms with Crippen LogP contribution in [0.5, 0.6) is 0 Å². The zero-order chi connectivity index (χ0) is 30.5. The standard InChI is InChI=1S/C42H28N4/c1-3-13-29(14-4-1)42(30-15-5-2-6-16-30)34-18-8-7-17-32(34)41-33-23-26-46(40(33)22-21-35(41)42)31-27-38(36-19-9-11-24-43-36)45-39(28-31)37-20-10-12-25-44-37/h1-28H. The first kappa shape index (κ1) is 26.3. The Morgan fingerprint density at radius 1 is 0.478 bits per heavy atom. The van der Waals surface area contributed by atoms with Gasteiger partial charge >= 0.3 is 0 Å². The van der Waals surface area contributed by atoms with Crippen molar-refractivity contribution in [1.29, 1.82) is 0 Å². The molecule has 0 fully saturated rings. The highest BCUT2D eigenvalue weighted by atomic mass is 15.0. The molecule has 0 saturated carbocycles. The minimum atomic E-state index is -0.431. The summed E-state index contributed by atoms with van der Waals surface area (Å²) in [6.07, 6.45) is 5.79. The molecule has 8 aromatic rings. The molecular weight excluding hydrogens is 560 g/mol. The van der Waals surface area contributed by atoms with E-state index in [0.717, 1.165) is 34.0 Å². The zero-order valence-corrected chi connectivity index (χ0v) is 25.0. The van der Waals surface area contributed by atoms with Gasteiger partial charge in [0.05, 0.1) is 33.7 Å². The second-order valence-corrected chi connectivity index (χ2v) is 11.7. The van der Waals surface area contributed by atoms with Crippen molar-refractivity contribution >= 4 is 10.9 Å². The summed E-state index contributed by atoms with van der Waals surface area (Å²) in [7, 11) is 0. The van der Waals surface area contributed by atoms with Gasteiger partial charge in [-0.1, -0.05) is 103 Å². The molecule has 4 aromatic carbocycles. The van der Waals surface area contributed by atoms with E-state index >= 15 is 0 Å². The number of pyridine rings is 3. The smallest absolute Gasteiger partial charge is 0.0915 e. The maximum absolute atomic E-state index is 5.00. The van der Waals surface area contributed by atoms with Gasteiger partial charge in [0, 0.05) is 29.7 Å². The van der Waals surface area contributed by atoms with Gasteiger partial charge in [-0.25, -0.2) is 4.98 Å². The van der Waals surface area contributed by atoms with E-state index in [2.05, 4.69) is 136 Å². The highest BCUT2D eigenvalue weighted by Crippen LogP contribution is 2.57. The molecule has 0 radical (unpaired) electrons. The predicted octanol–water partition coefficient (Wildman–Crippen LogP) is 9.51. The van der Waals surface area contributed by atoms with Gasteiger partial charge in [-0.3, -0.25) is 9.97 Å². The molecule has 46 heavy (non-hydrogen) atoms. The van der Waals surface area contributed by atoms with Crippen LogP contribution in [0.2, 0.25) is 0 Å². The van der Waals surface area contributed by atoms with Crippen LogP contribution in [-0.2, 0) is 5.41 Å². The Hall–Kier alpha value is -6.13. The minimum Gasteiger partial charge on any atom is -0.316 e. The first-order chi connectivity index (χ1) is 22.8. The lowest BCUT2D eigenvalue weighted by Crippen LogP contribution is -2.28. The number of fused-ring (bicyclic) bond motifs is 5. The van der Waals surface area contributed by atoms with Crippen LogP contribution in [0.4, 0.5) is 0 Å². The molecule has 0 saturated heterocycles. The molecular formula is C42H28N4. The van der Waals surface area contributed by atoms with E-state index in [4.69, 9.17) is 4.98 Å². The Kier molecular flexibility index (Phi) is 6.00. The summed E-state index contributed by atoms with van der Waals surface area (Å²) in [5.41, 5.74) is 12.7. The van der Waals surface area contributed by atoms with Gasteiger partial charge in [-0.2, -0.15) is 0 Å². The third-order valence-corrected chi connectivity index (χ3v) is 9.23. The average Bonchev–Trinajstić information content (AvgIpc) is 3.71. The van der Waals surface area contributed by atoms with Crippen molar-refractivity contribution in [3.05, 3.63) is 193 Å². The maximum atomic E-state index is 5.00. The third-order valence-electron chi connectivity index (χ3n) is 9.23. The Balaban J connectivity index is 1.31. The van der Waals surface area contributed by atoms with E-state index in [0.29, 0.717) is 0 Å². The Morgan fingerprint density at radius 2 is 1.07 bits per heavy atom. The van der Waals surface area contributed by atoms with Gasteiger partial charge in [0.25, 0.3) is 0 Å². The Morgan fingerprint density at radius 3 is 1.67 bits per heavy atom. The zero-order valence-electron chi connectivity index (χ0n) is 25.0. The fourth-order valence-electron chi connectivity index (χ4n) is 7.33. The largest absolute Gasteiger partial charge is 0.316 e. The Bertz CT molecular complexity index is 2250. The van der Waals surface area contributed by atoms with Crippen LogP contribution in [0.3, 0.4) is 0 Å². The van der Waals surface area contributed by atoms with Gasteiger partial charge in [-0.05, 0) is 81.9 Å². The lowest BCUT2D eigenvalue weighted by atomic mass is 9.67. The van der Waals surface area contributed by atoms with Gasteiger partial charge in [0.1, 0.15) is 0 Å². The quantitative estimate of drug-likeness (QED) is 0.201. The van der Waals surface area contributed by atoms with Crippen molar-refractivity contribution in [1.82, 2.24) is 19.5 Å². The maximum Gasteiger partial charge on any atom is 0.0915 e. The van der Waals surface area contributed by atoms with E-state index in [9.17, 15) is 0 Å². The fraction of sp³-hybridized carbons (Fsp3) is 0.0238. The van der Waals surface area contributed by atoms with Crippen LogP contribution >= 0.6 is 0 Å². The number of aromatic nitrogens is 4. The minimum absolute atomic E-state index is 0.431. The van der Waals surface area contributed by atoms with Crippen molar-refractivity contribution in [3.8, 4) is 39.6 Å². The molecule has 4 heterocycles. The van der Waals surface area contributed by atoms with Crippen LogP contribution in [0.25, 0.3) is 50.5 Å². The normalized spacial score (nSPS) is 13.0. The van der Waals surface area contributed by atoms with Gasteiger partial charge < -0.3 is 4.57 Å². The second-order valence-electron chi connectivity index (χ2n) is 11.7. The molecule has 0 N–H and O–H groups in total. The topological polar surface area (TPSA) is 43.6 Å². The van der Waals surface area contributed by atoms with E-state index in [1.807, 2.05) is 48.8 Å². The predicted molar refractivity (Wildman–Crippen MR) is 185 cm³/mol. The monoisotopic (exact) mass is 588 g/mol. The number of nitrogens with zero attached hydrogens (tertiary/aromatic N) is 4. The van der Waals surface area contributed by atoms with Crippen molar-refractivity contribution < 1.29 is 0 Å². The molecule has 1 aliphatic rings. The first-order valence-electron chi connectivity index (χ1n) is 15.5. The van der Waals surface area contributed by atoms with Crippen molar-refractivity contribution in [3.63, 3.8) is 0 Å². The molecule has 0 atom stereocenters. The molecule has 0 bridgehead atoms. The molecule has 0 spiro atoms. The Labute approximate surface area is 267 Å². The molecule has 9 rings (SSSR count). The van der Waals surface area contributed by atoms with Gasteiger partial charge in [0.2, 0.25) is 0 Å². The summed E-state index contributed by atoms with van der Waals surface area (Å²) < 4.78 is 2.27. The molecule has 0 aliphatic heterocycles. The summed E-state index contributed by atoms with van der Waals surface area (Å²) in [4.78, 5) is 14.2. The number of rotatable bonds is 5. The van der Waals surface area contributed by atoms with Crippen LogP contribution in [0.15, 0.2) is 170 Å². The summed E-state index contributed by atoms with van der Waals surface area (Å²) in [6, 6.07) is 53.7.